The zero-order chi connectivity index (χ0) is 38.5. The molecule has 6 rings (SSSR count). The summed E-state index contributed by atoms with van der Waals surface area (Å²) in [5.41, 5.74) is 1.71. The molecule has 3 aliphatic rings. The maximum Gasteiger partial charge on any atom is 0.407 e. The van der Waals surface area contributed by atoms with Gasteiger partial charge in [-0.3, -0.25) is 9.59 Å². The highest BCUT2D eigenvalue weighted by Crippen LogP contribution is 2.34. The van der Waals surface area contributed by atoms with Crippen LogP contribution in [0.5, 0.6) is 0 Å². The summed E-state index contributed by atoms with van der Waals surface area (Å²) >= 11 is 0. The van der Waals surface area contributed by atoms with E-state index in [4.69, 9.17) is 19.4 Å². The summed E-state index contributed by atoms with van der Waals surface area (Å²) in [6.07, 6.45) is 7.49. The number of anilines is 2. The van der Waals surface area contributed by atoms with Crippen molar-refractivity contribution in [2.45, 2.75) is 77.5 Å². The first-order chi connectivity index (χ1) is 26.0. The number of carbonyl (C=O) groups is 4. The summed E-state index contributed by atoms with van der Waals surface area (Å²) in [5.74, 6) is 2.78. The molecule has 3 aromatic heterocycles. The molecule has 0 aromatic carbocycles. The number of aromatic amines is 2. The lowest BCUT2D eigenvalue weighted by atomic mass is 10.0. The number of alkyl carbamates (subject to hydrolysis) is 2. The normalized spacial score (nSPS) is 20.0. The monoisotopic (exact) mass is 747 g/mol. The van der Waals surface area contributed by atoms with Crippen LogP contribution >= 0.6 is 0 Å². The second-order valence-corrected chi connectivity index (χ2v) is 14.8. The standard InChI is InChI=1S/C37H53N11O6/c1-22(2)30(43-36(51)53-5)34(49)47-13-7-9-26(47)32-39-20-25(41-32)24-11-12-28(38-19-24)45-15-17-46(18-16-45)29-21-40-33(42-29)27-10-8-14-48(27)35(50)31(23(3)4)44-37(52)54-6/h11-12,19-23,26-27,30-31H,7-10,13-18H2,1-6H3,(H,39,41)(H,40,42)(H,43,51)(H,44,52). The molecule has 17 nitrogen and oxygen atoms in total. The third-order valence-electron chi connectivity index (χ3n) is 10.7. The fourth-order valence-corrected chi connectivity index (χ4v) is 7.60. The fourth-order valence-electron chi connectivity index (χ4n) is 7.60. The third-order valence-corrected chi connectivity index (χ3v) is 10.7. The Kier molecular flexibility index (Phi) is 11.9. The van der Waals surface area contributed by atoms with Gasteiger partial charge >= 0.3 is 12.2 Å². The Hall–Kier alpha value is -5.35. The van der Waals surface area contributed by atoms with Gasteiger partial charge in [0, 0.05) is 51.0 Å². The Morgan fingerprint density at radius 2 is 1.20 bits per heavy atom. The predicted molar refractivity (Wildman–Crippen MR) is 201 cm³/mol. The number of H-pyrrole nitrogens is 2. The number of ether oxygens (including phenoxy) is 2. The molecule has 4 unspecified atom stereocenters. The van der Waals surface area contributed by atoms with Crippen molar-refractivity contribution in [2.24, 2.45) is 11.8 Å². The Bertz CT molecular complexity index is 1770. The summed E-state index contributed by atoms with van der Waals surface area (Å²) in [7, 11) is 2.58. The van der Waals surface area contributed by atoms with Crippen LogP contribution in [0.3, 0.4) is 0 Å². The van der Waals surface area contributed by atoms with Crippen LogP contribution in [0.25, 0.3) is 11.3 Å². The van der Waals surface area contributed by atoms with Crippen LogP contribution in [0.4, 0.5) is 21.2 Å². The number of methoxy groups -OCH3 is 2. The lowest BCUT2D eigenvalue weighted by Crippen LogP contribution is -2.51. The maximum absolute atomic E-state index is 13.5. The number of aromatic nitrogens is 5. The van der Waals surface area contributed by atoms with Crippen LogP contribution in [0.1, 0.15) is 77.1 Å². The minimum absolute atomic E-state index is 0.0974. The van der Waals surface area contributed by atoms with Crippen molar-refractivity contribution in [2.75, 3.05) is 63.3 Å². The van der Waals surface area contributed by atoms with E-state index >= 15 is 0 Å². The van der Waals surface area contributed by atoms with E-state index in [1.54, 1.807) is 11.1 Å². The summed E-state index contributed by atoms with van der Waals surface area (Å²) in [6.45, 7) is 11.9. The zero-order valence-electron chi connectivity index (χ0n) is 32.0. The largest absolute Gasteiger partial charge is 0.453 e. The van der Waals surface area contributed by atoms with Crippen molar-refractivity contribution in [3.8, 4) is 11.3 Å². The van der Waals surface area contributed by atoms with Crippen LogP contribution in [0, 0.1) is 11.8 Å². The number of imidazole rings is 2. The van der Waals surface area contributed by atoms with Gasteiger partial charge in [0.2, 0.25) is 11.8 Å². The Labute approximate surface area is 315 Å². The van der Waals surface area contributed by atoms with E-state index < -0.39 is 24.3 Å². The molecule has 4 amide bonds. The molecular weight excluding hydrogens is 694 g/mol. The Morgan fingerprint density at radius 3 is 1.70 bits per heavy atom. The van der Waals surface area contributed by atoms with E-state index in [0.717, 1.165) is 80.6 Å². The topological polar surface area (TPSA) is 194 Å². The van der Waals surface area contributed by atoms with Crippen LogP contribution in [0.2, 0.25) is 0 Å². The van der Waals surface area contributed by atoms with Gasteiger partial charge in [0.25, 0.3) is 0 Å². The molecule has 4 atom stereocenters. The van der Waals surface area contributed by atoms with Crippen LogP contribution in [0.15, 0.2) is 30.7 Å². The number of hydrogen-bond acceptors (Lipinski definition) is 11. The first-order valence-corrected chi connectivity index (χ1v) is 18.8. The lowest BCUT2D eigenvalue weighted by molar-refractivity contribution is -0.136. The second kappa shape index (κ2) is 16.8. The van der Waals surface area contributed by atoms with Crippen LogP contribution in [-0.2, 0) is 19.1 Å². The van der Waals surface area contributed by atoms with Gasteiger partial charge in [-0.2, -0.15) is 0 Å². The number of likely N-dealkylation sites (tertiary alicyclic amines) is 2. The number of hydrogen-bond donors (Lipinski definition) is 4. The molecule has 0 bridgehead atoms. The van der Waals surface area contributed by atoms with E-state index in [1.807, 2.05) is 57.1 Å². The number of pyridine rings is 1. The molecule has 0 radical (unpaired) electrons. The summed E-state index contributed by atoms with van der Waals surface area (Å²) in [5, 5.41) is 5.39. The van der Waals surface area contributed by atoms with Crippen molar-refractivity contribution in [3.63, 3.8) is 0 Å². The van der Waals surface area contributed by atoms with Crippen molar-refractivity contribution in [1.29, 1.82) is 0 Å². The SMILES string of the molecule is COC(=O)NC(C(=O)N1CCCC1c1ncc(-c2ccc(N3CCN(c4cnc(C5CCCN5C(=O)C(NC(=O)OC)C(C)C)[nH]4)CC3)nc2)[nH]1)C(C)C. The van der Waals surface area contributed by atoms with Crippen molar-refractivity contribution in [3.05, 3.63) is 42.4 Å². The molecule has 3 fully saturated rings. The molecule has 17 heteroatoms. The first-order valence-electron chi connectivity index (χ1n) is 18.8. The van der Waals surface area contributed by atoms with Gasteiger partial charge in [0.1, 0.15) is 35.4 Å². The third kappa shape index (κ3) is 8.24. The van der Waals surface area contributed by atoms with Crippen LogP contribution in [-0.4, -0.2) is 124 Å². The molecule has 3 aromatic rings. The van der Waals surface area contributed by atoms with Crippen LogP contribution < -0.4 is 20.4 Å². The fraction of sp³-hybridized carbons (Fsp3) is 0.595. The smallest absolute Gasteiger partial charge is 0.407 e. The van der Waals surface area contributed by atoms with Crippen molar-refractivity contribution >= 4 is 35.6 Å². The van der Waals surface area contributed by atoms with Gasteiger partial charge in [-0.1, -0.05) is 27.7 Å². The van der Waals surface area contributed by atoms with E-state index in [-0.39, 0.29) is 35.7 Å². The Morgan fingerprint density at radius 1 is 0.685 bits per heavy atom. The average molecular weight is 748 g/mol. The second-order valence-electron chi connectivity index (χ2n) is 14.8. The molecule has 0 aliphatic carbocycles. The summed E-state index contributed by atoms with van der Waals surface area (Å²) in [4.78, 5) is 80.1. The molecule has 292 valence electrons. The number of nitrogens with zero attached hydrogens (tertiary/aromatic N) is 7. The van der Waals surface area contributed by atoms with E-state index in [2.05, 4.69) is 35.4 Å². The van der Waals surface area contributed by atoms with Gasteiger partial charge in [-0.15, -0.1) is 0 Å². The predicted octanol–water partition coefficient (Wildman–Crippen LogP) is 3.61. The highest BCUT2D eigenvalue weighted by molar-refractivity contribution is 5.87. The number of carbonyl (C=O) groups excluding carboxylic acids is 4. The minimum Gasteiger partial charge on any atom is -0.453 e. The molecule has 3 aliphatic heterocycles. The Balaban J connectivity index is 1.04. The molecule has 0 saturated carbocycles. The van der Waals surface area contributed by atoms with Gasteiger partial charge < -0.3 is 49.7 Å². The number of nitrogens with one attached hydrogen (secondary N) is 4. The number of amides is 4. The molecular formula is C37H53N11O6. The van der Waals surface area contributed by atoms with Gasteiger partial charge in [0.15, 0.2) is 0 Å². The van der Waals surface area contributed by atoms with E-state index in [0.29, 0.717) is 18.9 Å². The van der Waals surface area contributed by atoms with Crippen molar-refractivity contribution in [1.82, 2.24) is 45.4 Å². The van der Waals surface area contributed by atoms with E-state index in [9.17, 15) is 19.2 Å². The molecule has 6 heterocycles. The highest BCUT2D eigenvalue weighted by Gasteiger charge is 2.39. The molecule has 4 N–H and O–H groups in total. The molecule has 54 heavy (non-hydrogen) atoms. The van der Waals surface area contributed by atoms with E-state index in [1.165, 1.54) is 14.2 Å². The number of piperazine rings is 1. The average Bonchev–Trinajstić information content (AvgIpc) is 4.02. The zero-order valence-corrected chi connectivity index (χ0v) is 32.0. The lowest BCUT2D eigenvalue weighted by Gasteiger charge is -2.35. The molecule has 0 spiro atoms. The quantitative estimate of drug-likeness (QED) is 0.224. The maximum atomic E-state index is 13.5. The summed E-state index contributed by atoms with van der Waals surface area (Å²) in [6, 6.07) is 2.27. The van der Waals surface area contributed by atoms with Gasteiger partial charge in [0.05, 0.1) is 44.4 Å². The first kappa shape index (κ1) is 38.4. The van der Waals surface area contributed by atoms with Gasteiger partial charge in [-0.25, -0.2) is 24.5 Å². The van der Waals surface area contributed by atoms with Crippen molar-refractivity contribution < 1.29 is 28.7 Å². The summed E-state index contributed by atoms with van der Waals surface area (Å²) < 4.78 is 9.50. The minimum atomic E-state index is -0.690. The van der Waals surface area contributed by atoms with Gasteiger partial charge in [-0.05, 0) is 49.7 Å². The molecule has 3 saturated heterocycles. The highest BCUT2D eigenvalue weighted by atomic mass is 16.5. The number of rotatable bonds is 11.